The van der Waals surface area contributed by atoms with Crippen LogP contribution in [-0.2, 0) is 4.79 Å². The lowest BCUT2D eigenvalue weighted by molar-refractivity contribution is -0.119. The molecule has 1 aliphatic heterocycles. The number of carbonyl (C=O) groups is 1. The van der Waals surface area contributed by atoms with Crippen LogP contribution >= 0.6 is 0 Å². The van der Waals surface area contributed by atoms with Crippen LogP contribution in [0.25, 0.3) is 0 Å². The maximum Gasteiger partial charge on any atom is 0.155 e. The minimum atomic E-state index is -0.00991. The zero-order chi connectivity index (χ0) is 11.0. The molecule has 0 saturated carbocycles. The van der Waals surface area contributed by atoms with E-state index in [0.29, 0.717) is 12.2 Å². The van der Waals surface area contributed by atoms with Crippen molar-refractivity contribution in [1.82, 2.24) is 4.90 Å². The van der Waals surface area contributed by atoms with E-state index in [0.717, 1.165) is 12.1 Å². The van der Waals surface area contributed by atoms with Gasteiger partial charge < -0.3 is 0 Å². The summed E-state index contributed by atoms with van der Waals surface area (Å²) in [6, 6.07) is 6.31. The van der Waals surface area contributed by atoms with E-state index < -0.39 is 0 Å². The molecular weight excluding hydrogens is 186 g/mol. The maximum atomic E-state index is 11.7. The van der Waals surface area contributed by atoms with Crippen molar-refractivity contribution in [3.05, 3.63) is 34.9 Å². The first-order valence-electron chi connectivity index (χ1n) is 5.39. The van der Waals surface area contributed by atoms with Gasteiger partial charge in [0.25, 0.3) is 0 Å². The second-order valence-electron chi connectivity index (χ2n) is 4.44. The summed E-state index contributed by atoms with van der Waals surface area (Å²) in [7, 11) is 2.02. The summed E-state index contributed by atoms with van der Waals surface area (Å²) in [6.45, 7) is 5.08. The van der Waals surface area contributed by atoms with E-state index >= 15 is 0 Å². The van der Waals surface area contributed by atoms with Crippen molar-refractivity contribution in [2.75, 3.05) is 13.6 Å². The summed E-state index contributed by atoms with van der Waals surface area (Å²) in [5, 5.41) is 0. The minimum absolute atomic E-state index is 0.00991. The molecule has 2 heteroatoms. The first-order chi connectivity index (χ1) is 7.09. The zero-order valence-electron chi connectivity index (χ0n) is 9.58. The van der Waals surface area contributed by atoms with E-state index in [2.05, 4.69) is 36.9 Å². The first-order valence-corrected chi connectivity index (χ1v) is 5.39. The van der Waals surface area contributed by atoms with Crippen LogP contribution in [0.5, 0.6) is 0 Å². The number of likely N-dealkylation sites (tertiary alicyclic amines) is 1. The molecule has 0 spiro atoms. The first kappa shape index (κ1) is 10.4. The normalized spacial score (nSPS) is 22.3. The summed E-state index contributed by atoms with van der Waals surface area (Å²) in [6.07, 6.45) is 0.689. The number of ketones is 1. The van der Waals surface area contributed by atoms with Gasteiger partial charge in [0, 0.05) is 13.0 Å². The Morgan fingerprint density at radius 1 is 1.27 bits per heavy atom. The number of rotatable bonds is 1. The highest BCUT2D eigenvalue weighted by molar-refractivity contribution is 5.87. The maximum absolute atomic E-state index is 11.7. The van der Waals surface area contributed by atoms with Crippen molar-refractivity contribution >= 4 is 5.78 Å². The van der Waals surface area contributed by atoms with Crippen molar-refractivity contribution in [1.29, 1.82) is 0 Å². The Balaban J connectivity index is 2.36. The number of aryl methyl sites for hydroxylation is 2. The summed E-state index contributed by atoms with van der Waals surface area (Å²) in [5.41, 5.74) is 3.69. The highest BCUT2D eigenvalue weighted by atomic mass is 16.1. The van der Waals surface area contributed by atoms with E-state index in [9.17, 15) is 4.79 Å². The number of likely N-dealkylation sites (N-methyl/N-ethyl adjacent to an activating group) is 1. The van der Waals surface area contributed by atoms with E-state index in [1.54, 1.807) is 0 Å². The third kappa shape index (κ3) is 1.82. The van der Waals surface area contributed by atoms with E-state index in [1.165, 1.54) is 11.1 Å². The molecule has 1 aromatic rings. The Hall–Kier alpha value is -1.15. The van der Waals surface area contributed by atoms with Crippen LogP contribution in [0, 0.1) is 13.8 Å². The number of hydrogen-bond acceptors (Lipinski definition) is 2. The zero-order valence-corrected chi connectivity index (χ0v) is 9.58. The van der Waals surface area contributed by atoms with Gasteiger partial charge in [0.2, 0.25) is 0 Å². The molecule has 1 fully saturated rings. The lowest BCUT2D eigenvalue weighted by Gasteiger charge is -2.19. The van der Waals surface area contributed by atoms with Crippen molar-refractivity contribution in [3.8, 4) is 0 Å². The van der Waals surface area contributed by atoms with Crippen LogP contribution in [-0.4, -0.2) is 24.3 Å². The molecule has 1 saturated heterocycles. The number of hydrogen-bond donors (Lipinski definition) is 0. The molecule has 1 unspecified atom stereocenters. The fourth-order valence-corrected chi connectivity index (χ4v) is 2.17. The summed E-state index contributed by atoms with van der Waals surface area (Å²) in [5.74, 6) is 0.348. The standard InChI is InChI=1S/C13H17NO/c1-9-4-5-11(8-10(9)2)13-12(15)6-7-14(13)3/h4-5,8,13H,6-7H2,1-3H3. The van der Waals surface area contributed by atoms with Gasteiger partial charge in [0.15, 0.2) is 5.78 Å². The van der Waals surface area contributed by atoms with Gasteiger partial charge in [-0.1, -0.05) is 18.2 Å². The molecule has 1 heterocycles. The second-order valence-corrected chi connectivity index (χ2v) is 4.44. The average Bonchev–Trinajstić information content (AvgIpc) is 2.52. The van der Waals surface area contributed by atoms with Crippen molar-refractivity contribution in [2.24, 2.45) is 0 Å². The third-order valence-electron chi connectivity index (χ3n) is 3.30. The molecule has 2 rings (SSSR count). The van der Waals surface area contributed by atoms with Crippen LogP contribution in [0.1, 0.15) is 29.2 Å². The molecular formula is C13H17NO. The van der Waals surface area contributed by atoms with E-state index in [1.807, 2.05) is 7.05 Å². The van der Waals surface area contributed by atoms with Crippen LogP contribution in [0.15, 0.2) is 18.2 Å². The number of Topliss-reactive ketones (excluding diaryl/α,β-unsaturated/α-hetero) is 1. The number of carbonyl (C=O) groups excluding carboxylic acids is 1. The molecule has 0 radical (unpaired) electrons. The number of nitrogens with zero attached hydrogens (tertiary/aromatic N) is 1. The molecule has 1 aliphatic rings. The van der Waals surface area contributed by atoms with E-state index in [4.69, 9.17) is 0 Å². The summed E-state index contributed by atoms with van der Waals surface area (Å²) < 4.78 is 0. The Labute approximate surface area is 90.9 Å². The molecule has 0 bridgehead atoms. The predicted octanol–water partition coefficient (Wildman–Crippen LogP) is 2.25. The van der Waals surface area contributed by atoms with Crippen molar-refractivity contribution < 1.29 is 4.79 Å². The average molecular weight is 203 g/mol. The monoisotopic (exact) mass is 203 g/mol. The fraction of sp³-hybridized carbons (Fsp3) is 0.462. The molecule has 0 aliphatic carbocycles. The lowest BCUT2D eigenvalue weighted by atomic mass is 9.99. The second kappa shape index (κ2) is 3.78. The molecule has 1 aromatic carbocycles. The van der Waals surface area contributed by atoms with Crippen LogP contribution < -0.4 is 0 Å². The van der Waals surface area contributed by atoms with E-state index in [-0.39, 0.29) is 6.04 Å². The summed E-state index contributed by atoms with van der Waals surface area (Å²) in [4.78, 5) is 13.9. The Bertz CT molecular complexity index is 398. The molecule has 0 aromatic heterocycles. The van der Waals surface area contributed by atoms with Gasteiger partial charge in [-0.25, -0.2) is 0 Å². The van der Waals surface area contributed by atoms with Gasteiger partial charge >= 0.3 is 0 Å². The van der Waals surface area contributed by atoms with Crippen molar-refractivity contribution in [2.45, 2.75) is 26.3 Å². The quantitative estimate of drug-likeness (QED) is 0.697. The largest absolute Gasteiger partial charge is 0.297 e. The van der Waals surface area contributed by atoms with Crippen LogP contribution in [0.3, 0.4) is 0 Å². The van der Waals surface area contributed by atoms with Crippen molar-refractivity contribution in [3.63, 3.8) is 0 Å². The molecule has 1 atom stereocenters. The van der Waals surface area contributed by atoms with Crippen LogP contribution in [0.4, 0.5) is 0 Å². The smallest absolute Gasteiger partial charge is 0.155 e. The Kier molecular flexibility index (Phi) is 2.61. The molecule has 0 N–H and O–H groups in total. The molecule has 15 heavy (non-hydrogen) atoms. The minimum Gasteiger partial charge on any atom is -0.297 e. The topological polar surface area (TPSA) is 20.3 Å². The van der Waals surface area contributed by atoms with Gasteiger partial charge in [0.05, 0.1) is 6.04 Å². The molecule has 2 nitrogen and oxygen atoms in total. The highest BCUT2D eigenvalue weighted by Gasteiger charge is 2.30. The Morgan fingerprint density at radius 2 is 2.00 bits per heavy atom. The summed E-state index contributed by atoms with van der Waals surface area (Å²) >= 11 is 0. The molecule has 80 valence electrons. The van der Waals surface area contributed by atoms with Gasteiger partial charge in [-0.2, -0.15) is 0 Å². The Morgan fingerprint density at radius 3 is 2.53 bits per heavy atom. The third-order valence-corrected chi connectivity index (χ3v) is 3.30. The van der Waals surface area contributed by atoms with Gasteiger partial charge in [0.1, 0.15) is 0 Å². The predicted molar refractivity (Wildman–Crippen MR) is 60.9 cm³/mol. The number of benzene rings is 1. The molecule has 0 amide bonds. The highest BCUT2D eigenvalue weighted by Crippen LogP contribution is 2.28. The van der Waals surface area contributed by atoms with Gasteiger partial charge in [-0.15, -0.1) is 0 Å². The van der Waals surface area contributed by atoms with Crippen LogP contribution in [0.2, 0.25) is 0 Å². The fourth-order valence-electron chi connectivity index (χ4n) is 2.17. The SMILES string of the molecule is Cc1ccc(C2C(=O)CCN2C)cc1C. The van der Waals surface area contributed by atoms with Gasteiger partial charge in [-0.05, 0) is 37.6 Å². The lowest BCUT2D eigenvalue weighted by Crippen LogP contribution is -2.21. The van der Waals surface area contributed by atoms with Gasteiger partial charge in [-0.3, -0.25) is 9.69 Å².